The molecule has 2 saturated heterocycles. The van der Waals surface area contributed by atoms with Gasteiger partial charge in [0.2, 0.25) is 0 Å². The standard InChI is InChI=1S/C10H18N4S2.2ClH/c1-13-5-7-15-9(13)11-3-4-12-10-14(2)6-8-16-10;;/h3-8H2,1-2H3;2*1H. The van der Waals surface area contributed by atoms with E-state index in [0.29, 0.717) is 0 Å². The van der Waals surface area contributed by atoms with Crippen LogP contribution in [0.5, 0.6) is 0 Å². The van der Waals surface area contributed by atoms with Gasteiger partial charge in [-0.2, -0.15) is 0 Å². The van der Waals surface area contributed by atoms with E-state index in [-0.39, 0.29) is 24.8 Å². The van der Waals surface area contributed by atoms with Crippen molar-refractivity contribution in [3.8, 4) is 0 Å². The predicted molar refractivity (Wildman–Crippen MR) is 89.3 cm³/mol. The minimum atomic E-state index is 0. The van der Waals surface area contributed by atoms with E-state index in [4.69, 9.17) is 0 Å². The SMILES string of the molecule is CN1CCSC1=NCCN=C1SCCN1C.Cl.Cl. The maximum atomic E-state index is 4.56. The zero-order valence-electron chi connectivity index (χ0n) is 10.7. The van der Waals surface area contributed by atoms with Crippen molar-refractivity contribution in [2.24, 2.45) is 9.98 Å². The minimum Gasteiger partial charge on any atom is -0.354 e. The number of rotatable bonds is 3. The molecule has 8 heteroatoms. The molecule has 0 amide bonds. The summed E-state index contributed by atoms with van der Waals surface area (Å²) in [4.78, 5) is 13.6. The van der Waals surface area contributed by atoms with Gasteiger partial charge in [0.1, 0.15) is 0 Å². The van der Waals surface area contributed by atoms with Gasteiger partial charge in [0.25, 0.3) is 0 Å². The van der Waals surface area contributed by atoms with Gasteiger partial charge in [-0.3, -0.25) is 9.98 Å². The van der Waals surface area contributed by atoms with Crippen LogP contribution in [-0.4, -0.2) is 71.9 Å². The van der Waals surface area contributed by atoms with E-state index in [1.165, 1.54) is 21.8 Å². The highest BCUT2D eigenvalue weighted by molar-refractivity contribution is 8.14. The molecule has 0 aromatic rings. The smallest absolute Gasteiger partial charge is 0.159 e. The molecule has 2 fully saturated rings. The maximum absolute atomic E-state index is 4.56. The quantitative estimate of drug-likeness (QED) is 0.739. The zero-order valence-corrected chi connectivity index (χ0v) is 13.9. The summed E-state index contributed by atoms with van der Waals surface area (Å²) in [5, 5.41) is 2.35. The van der Waals surface area contributed by atoms with Gasteiger partial charge in [0, 0.05) is 38.7 Å². The van der Waals surface area contributed by atoms with Crippen LogP contribution in [0.4, 0.5) is 0 Å². The molecule has 2 aliphatic heterocycles. The first kappa shape index (κ1) is 18.2. The zero-order chi connectivity index (χ0) is 11.4. The Kier molecular flexibility index (Phi) is 9.29. The summed E-state index contributed by atoms with van der Waals surface area (Å²) in [7, 11) is 4.21. The average Bonchev–Trinajstić information content (AvgIpc) is 2.84. The van der Waals surface area contributed by atoms with Crippen LogP contribution in [0.3, 0.4) is 0 Å². The number of nitrogens with zero attached hydrogens (tertiary/aromatic N) is 4. The summed E-state index contributed by atoms with van der Waals surface area (Å²) < 4.78 is 0. The van der Waals surface area contributed by atoms with Crippen molar-refractivity contribution < 1.29 is 0 Å². The number of halogens is 2. The molecule has 0 bridgehead atoms. The molecule has 0 aliphatic carbocycles. The number of aliphatic imine (C=N–C) groups is 2. The maximum Gasteiger partial charge on any atom is 0.159 e. The molecule has 2 heterocycles. The first-order chi connectivity index (χ1) is 7.77. The van der Waals surface area contributed by atoms with Crippen LogP contribution in [0.2, 0.25) is 0 Å². The van der Waals surface area contributed by atoms with Crippen molar-refractivity contribution in [2.45, 2.75) is 0 Å². The van der Waals surface area contributed by atoms with E-state index in [2.05, 4.69) is 33.9 Å². The summed E-state index contributed by atoms with van der Waals surface area (Å²) in [5.41, 5.74) is 0. The van der Waals surface area contributed by atoms with Crippen LogP contribution in [-0.2, 0) is 0 Å². The second-order valence-corrected chi connectivity index (χ2v) is 5.99. The number of hydrogen-bond donors (Lipinski definition) is 0. The number of thioether (sulfide) groups is 2. The van der Waals surface area contributed by atoms with E-state index in [1.807, 2.05) is 23.5 Å². The fourth-order valence-corrected chi connectivity index (χ4v) is 3.67. The van der Waals surface area contributed by atoms with Crippen LogP contribution < -0.4 is 0 Å². The van der Waals surface area contributed by atoms with Crippen LogP contribution >= 0.6 is 48.3 Å². The lowest BCUT2D eigenvalue weighted by Gasteiger charge is -2.10. The highest BCUT2D eigenvalue weighted by Crippen LogP contribution is 2.16. The third-order valence-corrected chi connectivity index (χ3v) is 4.73. The lowest BCUT2D eigenvalue weighted by Crippen LogP contribution is -2.20. The topological polar surface area (TPSA) is 31.2 Å². The molecule has 4 nitrogen and oxygen atoms in total. The Bertz CT molecular complexity index is 282. The highest BCUT2D eigenvalue weighted by atomic mass is 35.5. The monoisotopic (exact) mass is 330 g/mol. The van der Waals surface area contributed by atoms with Gasteiger partial charge >= 0.3 is 0 Å². The van der Waals surface area contributed by atoms with E-state index in [0.717, 1.165) is 26.2 Å². The molecule has 18 heavy (non-hydrogen) atoms. The summed E-state index contributed by atoms with van der Waals surface area (Å²) >= 11 is 3.69. The van der Waals surface area contributed by atoms with Gasteiger partial charge in [-0.1, -0.05) is 23.5 Å². The molecule has 106 valence electrons. The third-order valence-electron chi connectivity index (χ3n) is 2.56. The van der Waals surface area contributed by atoms with Gasteiger partial charge in [-0.25, -0.2) is 0 Å². The lowest BCUT2D eigenvalue weighted by atomic mass is 10.6. The van der Waals surface area contributed by atoms with Gasteiger partial charge in [0.05, 0.1) is 13.1 Å². The van der Waals surface area contributed by atoms with Crippen molar-refractivity contribution in [2.75, 3.05) is 51.8 Å². The van der Waals surface area contributed by atoms with Crippen molar-refractivity contribution in [1.82, 2.24) is 9.80 Å². The Morgan fingerprint density at radius 1 is 0.889 bits per heavy atom. The van der Waals surface area contributed by atoms with Gasteiger partial charge in [-0.05, 0) is 0 Å². The third kappa shape index (κ3) is 5.07. The summed E-state index contributed by atoms with van der Waals surface area (Å²) in [6.07, 6.45) is 0. The Hall–Kier alpha value is 0.220. The van der Waals surface area contributed by atoms with Crippen LogP contribution in [0, 0.1) is 0 Å². The first-order valence-corrected chi connectivity index (χ1v) is 7.51. The molecule has 0 saturated carbocycles. The Labute approximate surface area is 130 Å². The largest absolute Gasteiger partial charge is 0.354 e. The molecule has 0 aromatic heterocycles. The summed E-state index contributed by atoms with van der Waals surface area (Å²) in [5.74, 6) is 2.34. The van der Waals surface area contributed by atoms with Gasteiger partial charge in [-0.15, -0.1) is 24.8 Å². The highest BCUT2D eigenvalue weighted by Gasteiger charge is 2.15. The molecule has 0 spiro atoms. The van der Waals surface area contributed by atoms with Gasteiger partial charge < -0.3 is 9.80 Å². The molecule has 0 N–H and O–H groups in total. The van der Waals surface area contributed by atoms with E-state index in [9.17, 15) is 0 Å². The molecular weight excluding hydrogens is 311 g/mol. The fraction of sp³-hybridized carbons (Fsp3) is 0.800. The Morgan fingerprint density at radius 3 is 1.56 bits per heavy atom. The molecule has 2 rings (SSSR count). The Balaban J connectivity index is 0.00000144. The summed E-state index contributed by atoms with van der Waals surface area (Å²) in [6.45, 7) is 3.86. The van der Waals surface area contributed by atoms with Crippen molar-refractivity contribution in [3.05, 3.63) is 0 Å². The van der Waals surface area contributed by atoms with Crippen molar-refractivity contribution in [1.29, 1.82) is 0 Å². The van der Waals surface area contributed by atoms with E-state index < -0.39 is 0 Å². The molecule has 0 radical (unpaired) electrons. The molecular formula is C10H20Cl2N4S2. The van der Waals surface area contributed by atoms with Crippen molar-refractivity contribution >= 4 is 58.7 Å². The van der Waals surface area contributed by atoms with E-state index >= 15 is 0 Å². The van der Waals surface area contributed by atoms with Crippen LogP contribution in [0.15, 0.2) is 9.98 Å². The second-order valence-electron chi connectivity index (χ2n) is 3.87. The van der Waals surface area contributed by atoms with Crippen LogP contribution in [0.25, 0.3) is 0 Å². The van der Waals surface area contributed by atoms with Gasteiger partial charge in [0.15, 0.2) is 10.3 Å². The van der Waals surface area contributed by atoms with Crippen LogP contribution in [0.1, 0.15) is 0 Å². The van der Waals surface area contributed by atoms with E-state index in [1.54, 1.807) is 0 Å². The predicted octanol–water partition coefficient (Wildman–Crippen LogP) is 1.90. The Morgan fingerprint density at radius 2 is 1.28 bits per heavy atom. The minimum absolute atomic E-state index is 0. The lowest BCUT2D eigenvalue weighted by molar-refractivity contribution is 0.558. The fourth-order valence-electron chi connectivity index (χ4n) is 1.58. The molecule has 0 atom stereocenters. The molecule has 2 aliphatic rings. The first-order valence-electron chi connectivity index (χ1n) is 5.54. The number of amidine groups is 2. The second kappa shape index (κ2) is 9.18. The summed E-state index contributed by atoms with van der Waals surface area (Å²) in [6, 6.07) is 0. The molecule has 0 unspecified atom stereocenters. The average molecular weight is 331 g/mol. The van der Waals surface area contributed by atoms with Crippen molar-refractivity contribution in [3.63, 3.8) is 0 Å². The number of hydrogen-bond acceptors (Lipinski definition) is 4. The molecule has 0 aromatic carbocycles. The normalized spacial score (nSPS) is 23.4.